The number of nitrogens with zero attached hydrogens (tertiary/aromatic N) is 2. The Morgan fingerprint density at radius 2 is 1.93 bits per heavy atom. The van der Waals surface area contributed by atoms with Gasteiger partial charge < -0.3 is 4.57 Å². The zero-order valence-electron chi connectivity index (χ0n) is 15.7. The van der Waals surface area contributed by atoms with Gasteiger partial charge in [-0.15, -0.1) is 22.7 Å². The summed E-state index contributed by atoms with van der Waals surface area (Å²) in [7, 11) is -1.83. The zero-order chi connectivity index (χ0) is 20.6. The molecule has 3 heterocycles. The molecule has 3 aromatic heterocycles. The molecular formula is C20H18FN3O2S3. The zero-order valence-corrected chi connectivity index (χ0v) is 18.2. The van der Waals surface area contributed by atoms with Crippen molar-refractivity contribution in [3.63, 3.8) is 0 Å². The molecule has 9 heteroatoms. The number of benzene rings is 1. The lowest BCUT2D eigenvalue weighted by molar-refractivity contribution is 0.580. The highest BCUT2D eigenvalue weighted by Crippen LogP contribution is 2.32. The molecule has 0 unspecified atom stereocenters. The number of hydrogen-bond acceptors (Lipinski definition) is 5. The highest BCUT2D eigenvalue weighted by Gasteiger charge is 2.23. The average Bonchev–Trinajstić information content (AvgIpc) is 3.43. The molecule has 29 heavy (non-hydrogen) atoms. The fourth-order valence-corrected chi connectivity index (χ4v) is 5.86. The number of aromatic nitrogens is 2. The molecule has 0 aliphatic carbocycles. The summed E-state index contributed by atoms with van der Waals surface area (Å²) in [6.07, 6.45) is 0. The predicted octanol–water partition coefficient (Wildman–Crippen LogP) is 4.80. The van der Waals surface area contributed by atoms with Crippen molar-refractivity contribution in [2.45, 2.75) is 18.4 Å². The van der Waals surface area contributed by atoms with Gasteiger partial charge in [-0.05, 0) is 48.7 Å². The summed E-state index contributed by atoms with van der Waals surface area (Å²) >= 11 is 2.93. The standard InChI is InChI=1S/C20H18FN3O2S3/c1-13-19(29(25,26)22-11-16-4-3-9-27-16)10-18(24(13)2)20-23-17(12-28-20)14-5-7-15(21)8-6-14/h3-10,12,22H,11H2,1-2H3. The van der Waals surface area contributed by atoms with E-state index >= 15 is 0 Å². The number of thiophene rings is 1. The lowest BCUT2D eigenvalue weighted by atomic mass is 10.2. The third-order valence-electron chi connectivity index (χ3n) is 4.66. The van der Waals surface area contributed by atoms with E-state index in [0.29, 0.717) is 10.7 Å². The Morgan fingerprint density at radius 3 is 2.62 bits per heavy atom. The van der Waals surface area contributed by atoms with Crippen LogP contribution in [0.25, 0.3) is 22.0 Å². The summed E-state index contributed by atoms with van der Waals surface area (Å²) in [5, 5.41) is 4.50. The first-order chi connectivity index (χ1) is 13.8. The van der Waals surface area contributed by atoms with E-state index in [1.807, 2.05) is 34.5 Å². The van der Waals surface area contributed by atoms with Gasteiger partial charge in [-0.25, -0.2) is 22.5 Å². The van der Waals surface area contributed by atoms with E-state index in [2.05, 4.69) is 9.71 Å². The van der Waals surface area contributed by atoms with Crippen LogP contribution in [0.1, 0.15) is 10.6 Å². The van der Waals surface area contributed by atoms with Crippen LogP contribution in [0.5, 0.6) is 0 Å². The monoisotopic (exact) mass is 447 g/mol. The van der Waals surface area contributed by atoms with Crippen molar-refractivity contribution in [2.75, 3.05) is 0 Å². The number of thiazole rings is 1. The third kappa shape index (κ3) is 4.04. The van der Waals surface area contributed by atoms with Gasteiger partial charge >= 0.3 is 0 Å². The molecule has 0 fully saturated rings. The number of sulfonamides is 1. The van der Waals surface area contributed by atoms with Crippen molar-refractivity contribution in [1.29, 1.82) is 0 Å². The maximum Gasteiger partial charge on any atom is 0.242 e. The highest BCUT2D eigenvalue weighted by molar-refractivity contribution is 7.89. The van der Waals surface area contributed by atoms with E-state index in [1.165, 1.54) is 34.8 Å². The van der Waals surface area contributed by atoms with Crippen LogP contribution in [-0.4, -0.2) is 18.0 Å². The fraction of sp³-hybridized carbons (Fsp3) is 0.150. The topological polar surface area (TPSA) is 64.0 Å². The van der Waals surface area contributed by atoms with Crippen LogP contribution in [0.2, 0.25) is 0 Å². The second kappa shape index (κ2) is 7.83. The van der Waals surface area contributed by atoms with Gasteiger partial charge in [0.05, 0.1) is 11.4 Å². The molecule has 150 valence electrons. The lowest BCUT2D eigenvalue weighted by Gasteiger charge is -2.06. The van der Waals surface area contributed by atoms with Gasteiger partial charge in [-0.3, -0.25) is 0 Å². The van der Waals surface area contributed by atoms with Gasteiger partial charge in [-0.2, -0.15) is 0 Å². The van der Waals surface area contributed by atoms with Gasteiger partial charge in [0.25, 0.3) is 0 Å². The molecule has 0 bridgehead atoms. The van der Waals surface area contributed by atoms with Crippen molar-refractivity contribution >= 4 is 32.7 Å². The Morgan fingerprint density at radius 1 is 1.17 bits per heavy atom. The summed E-state index contributed by atoms with van der Waals surface area (Å²) in [5.41, 5.74) is 2.89. The predicted molar refractivity (Wildman–Crippen MR) is 115 cm³/mol. The van der Waals surface area contributed by atoms with Gasteiger partial charge in [0.1, 0.15) is 15.7 Å². The van der Waals surface area contributed by atoms with Crippen LogP contribution >= 0.6 is 22.7 Å². The molecule has 0 radical (unpaired) electrons. The normalized spacial score (nSPS) is 11.8. The Kier molecular flexibility index (Phi) is 5.39. The molecule has 4 aromatic rings. The van der Waals surface area contributed by atoms with Crippen LogP contribution in [0.15, 0.2) is 58.1 Å². The van der Waals surface area contributed by atoms with E-state index in [1.54, 1.807) is 25.1 Å². The Bertz CT molecular complexity index is 1240. The summed E-state index contributed by atoms with van der Waals surface area (Å²) in [5.74, 6) is -0.299. The van der Waals surface area contributed by atoms with Gasteiger partial charge in [0.15, 0.2) is 0 Å². The third-order valence-corrected chi connectivity index (χ3v) is 7.92. The molecule has 0 aliphatic heterocycles. The lowest BCUT2D eigenvalue weighted by Crippen LogP contribution is -2.23. The van der Waals surface area contributed by atoms with Crippen molar-refractivity contribution in [2.24, 2.45) is 7.05 Å². The molecule has 0 atom stereocenters. The Balaban J connectivity index is 1.64. The minimum atomic E-state index is -3.66. The van der Waals surface area contributed by atoms with E-state index in [0.717, 1.165) is 21.8 Å². The molecule has 0 spiro atoms. The smallest absolute Gasteiger partial charge is 0.242 e. The number of nitrogens with one attached hydrogen (secondary N) is 1. The van der Waals surface area contributed by atoms with Gasteiger partial charge in [0.2, 0.25) is 10.0 Å². The second-order valence-electron chi connectivity index (χ2n) is 6.49. The van der Waals surface area contributed by atoms with E-state index < -0.39 is 10.0 Å². The number of rotatable bonds is 6. The molecule has 1 aromatic carbocycles. The average molecular weight is 448 g/mol. The first-order valence-corrected chi connectivity index (χ1v) is 12.0. The summed E-state index contributed by atoms with van der Waals surface area (Å²) in [6, 6.07) is 11.6. The van der Waals surface area contributed by atoms with Crippen molar-refractivity contribution in [3.8, 4) is 22.0 Å². The maximum absolute atomic E-state index is 13.2. The molecule has 1 N–H and O–H groups in total. The first-order valence-electron chi connectivity index (χ1n) is 8.75. The summed E-state index contributed by atoms with van der Waals surface area (Å²) in [4.78, 5) is 5.82. The van der Waals surface area contributed by atoms with Crippen LogP contribution in [0, 0.1) is 12.7 Å². The number of halogens is 1. The Labute approximate surface area is 176 Å². The maximum atomic E-state index is 13.2. The van der Waals surface area contributed by atoms with E-state index in [4.69, 9.17) is 0 Å². The van der Waals surface area contributed by atoms with E-state index in [9.17, 15) is 12.8 Å². The molecular weight excluding hydrogens is 429 g/mol. The van der Waals surface area contributed by atoms with Gasteiger partial charge in [-0.1, -0.05) is 6.07 Å². The summed E-state index contributed by atoms with van der Waals surface area (Å²) < 4.78 is 43.3. The van der Waals surface area contributed by atoms with E-state index in [-0.39, 0.29) is 17.3 Å². The second-order valence-corrected chi connectivity index (χ2v) is 10.1. The van der Waals surface area contributed by atoms with Crippen LogP contribution in [0.4, 0.5) is 4.39 Å². The van der Waals surface area contributed by atoms with Crippen molar-refractivity contribution in [1.82, 2.24) is 14.3 Å². The molecule has 0 aliphatic rings. The van der Waals surface area contributed by atoms with Crippen molar-refractivity contribution < 1.29 is 12.8 Å². The minimum Gasteiger partial charge on any atom is -0.345 e. The Hall–Kier alpha value is -2.33. The molecule has 0 amide bonds. The molecule has 4 rings (SSSR count). The minimum absolute atomic E-state index is 0.241. The fourth-order valence-electron chi connectivity index (χ4n) is 2.95. The molecule has 0 saturated heterocycles. The largest absolute Gasteiger partial charge is 0.345 e. The summed E-state index contributed by atoms with van der Waals surface area (Å²) in [6.45, 7) is 2.04. The van der Waals surface area contributed by atoms with Crippen LogP contribution in [-0.2, 0) is 23.6 Å². The van der Waals surface area contributed by atoms with Crippen LogP contribution in [0.3, 0.4) is 0 Å². The number of hydrogen-bond donors (Lipinski definition) is 1. The SMILES string of the molecule is Cc1c(S(=O)(=O)NCc2cccs2)cc(-c2nc(-c3ccc(F)cc3)cs2)n1C. The first kappa shape index (κ1) is 20.0. The van der Waals surface area contributed by atoms with Gasteiger partial charge in [0, 0.05) is 35.1 Å². The van der Waals surface area contributed by atoms with Crippen molar-refractivity contribution in [3.05, 3.63) is 69.6 Å². The quantitative estimate of drug-likeness (QED) is 0.462. The molecule has 5 nitrogen and oxygen atoms in total. The van der Waals surface area contributed by atoms with Crippen LogP contribution < -0.4 is 4.72 Å². The highest BCUT2D eigenvalue weighted by atomic mass is 32.2. The molecule has 0 saturated carbocycles.